The summed E-state index contributed by atoms with van der Waals surface area (Å²) in [6, 6.07) is 10.2. The van der Waals surface area contributed by atoms with Crippen LogP contribution in [0.2, 0.25) is 0 Å². The summed E-state index contributed by atoms with van der Waals surface area (Å²) in [7, 11) is 0. The molecule has 1 aliphatic carbocycles. The number of likely N-dealkylation sites (tertiary alicyclic amines) is 1. The van der Waals surface area contributed by atoms with E-state index in [2.05, 4.69) is 5.32 Å². The molecule has 24 heavy (non-hydrogen) atoms. The van der Waals surface area contributed by atoms with E-state index in [0.717, 1.165) is 44.3 Å². The van der Waals surface area contributed by atoms with Gasteiger partial charge in [-0.2, -0.15) is 0 Å². The summed E-state index contributed by atoms with van der Waals surface area (Å²) in [6.07, 6.45) is 3.75. The Morgan fingerprint density at radius 2 is 1.83 bits per heavy atom. The lowest BCUT2D eigenvalue weighted by molar-refractivity contribution is -0.927. The van der Waals surface area contributed by atoms with Crippen molar-refractivity contribution in [3.63, 3.8) is 0 Å². The van der Waals surface area contributed by atoms with Gasteiger partial charge in [0.05, 0.1) is 25.6 Å². The number of quaternary nitrogens is 1. The summed E-state index contributed by atoms with van der Waals surface area (Å²) in [6.45, 7) is 3.91. The number of hydrogen-bond acceptors (Lipinski definition) is 3. The van der Waals surface area contributed by atoms with E-state index in [1.165, 1.54) is 4.90 Å². The van der Waals surface area contributed by atoms with Gasteiger partial charge < -0.3 is 15.0 Å². The van der Waals surface area contributed by atoms with Gasteiger partial charge in [-0.05, 0) is 19.8 Å². The maximum atomic E-state index is 12.8. The van der Waals surface area contributed by atoms with Crippen LogP contribution in [0.1, 0.15) is 44.2 Å². The Kier molecular flexibility index (Phi) is 5.51. The highest BCUT2D eigenvalue weighted by molar-refractivity contribution is 5.82. The van der Waals surface area contributed by atoms with E-state index >= 15 is 0 Å². The van der Waals surface area contributed by atoms with Crippen LogP contribution in [0, 0.1) is 5.92 Å². The summed E-state index contributed by atoms with van der Waals surface area (Å²) in [4.78, 5) is 26.0. The van der Waals surface area contributed by atoms with E-state index < -0.39 is 0 Å². The molecule has 5 heteroatoms. The molecule has 5 nitrogen and oxygen atoms in total. The van der Waals surface area contributed by atoms with Gasteiger partial charge >= 0.3 is 5.97 Å². The first-order valence-electron chi connectivity index (χ1n) is 9.05. The van der Waals surface area contributed by atoms with Gasteiger partial charge in [0.25, 0.3) is 5.91 Å². The number of ether oxygens (including phenoxy) is 1. The molecule has 2 fully saturated rings. The number of amides is 1. The first-order chi connectivity index (χ1) is 11.7. The molecule has 1 saturated heterocycles. The van der Waals surface area contributed by atoms with Crippen molar-refractivity contribution >= 4 is 11.9 Å². The lowest BCUT2D eigenvalue weighted by Gasteiger charge is -2.33. The number of carbonyl (C=O) groups is 2. The van der Waals surface area contributed by atoms with E-state index in [1.807, 2.05) is 37.3 Å². The molecule has 2 aliphatic rings. The number of esters is 1. The van der Waals surface area contributed by atoms with Crippen molar-refractivity contribution in [1.82, 2.24) is 5.32 Å². The Balaban J connectivity index is 1.67. The molecular formula is C19H27N2O3+. The molecule has 0 bridgehead atoms. The van der Waals surface area contributed by atoms with Gasteiger partial charge in [0, 0.05) is 24.4 Å². The third kappa shape index (κ3) is 4.15. The van der Waals surface area contributed by atoms with E-state index in [4.69, 9.17) is 4.74 Å². The van der Waals surface area contributed by atoms with Crippen LogP contribution in [0.3, 0.4) is 0 Å². The molecule has 1 amide bonds. The zero-order valence-corrected chi connectivity index (χ0v) is 14.3. The molecular weight excluding hydrogens is 304 g/mol. The quantitative estimate of drug-likeness (QED) is 0.760. The molecule has 0 aromatic heterocycles. The molecule has 1 aromatic rings. The molecule has 1 atom stereocenters. The van der Waals surface area contributed by atoms with Crippen LogP contribution >= 0.6 is 0 Å². The predicted octanol–water partition coefficient (Wildman–Crippen LogP) is 0.864. The van der Waals surface area contributed by atoms with Gasteiger partial charge in [-0.25, -0.2) is 0 Å². The Morgan fingerprint density at radius 3 is 2.42 bits per heavy atom. The van der Waals surface area contributed by atoms with E-state index in [0.29, 0.717) is 12.6 Å². The molecule has 0 spiro atoms. The van der Waals surface area contributed by atoms with Crippen molar-refractivity contribution in [2.24, 2.45) is 5.92 Å². The van der Waals surface area contributed by atoms with Crippen LogP contribution in [-0.2, 0) is 14.3 Å². The Hall–Kier alpha value is -1.88. The molecule has 130 valence electrons. The highest BCUT2D eigenvalue weighted by Gasteiger charge is 2.38. The Labute approximate surface area is 143 Å². The second-order valence-electron chi connectivity index (χ2n) is 6.81. The molecule has 1 saturated carbocycles. The van der Waals surface area contributed by atoms with Crippen LogP contribution < -0.4 is 10.2 Å². The van der Waals surface area contributed by atoms with E-state index in [1.54, 1.807) is 0 Å². The predicted molar refractivity (Wildman–Crippen MR) is 90.4 cm³/mol. The Bertz CT molecular complexity index is 563. The lowest BCUT2D eigenvalue weighted by atomic mass is 9.94. The second kappa shape index (κ2) is 7.79. The highest BCUT2D eigenvalue weighted by Crippen LogP contribution is 2.21. The van der Waals surface area contributed by atoms with Gasteiger partial charge in [-0.15, -0.1) is 0 Å². The number of carbonyl (C=O) groups excluding carboxylic acids is 2. The smallest absolute Gasteiger partial charge is 0.309 e. The van der Waals surface area contributed by atoms with Crippen molar-refractivity contribution in [3.8, 4) is 0 Å². The topological polar surface area (TPSA) is 59.8 Å². The number of hydrogen-bond donors (Lipinski definition) is 2. The normalized spacial score (nSPS) is 24.9. The van der Waals surface area contributed by atoms with Crippen molar-refractivity contribution in [2.45, 2.75) is 44.7 Å². The maximum Gasteiger partial charge on any atom is 0.309 e. The number of benzene rings is 1. The molecule has 2 N–H and O–H groups in total. The minimum atomic E-state index is -0.185. The molecule has 1 aliphatic heterocycles. The van der Waals surface area contributed by atoms with Gasteiger partial charge in [-0.3, -0.25) is 9.59 Å². The third-order valence-corrected chi connectivity index (χ3v) is 4.97. The van der Waals surface area contributed by atoms with Crippen LogP contribution in [0.5, 0.6) is 0 Å². The molecule has 1 heterocycles. The fourth-order valence-electron chi connectivity index (χ4n) is 3.50. The van der Waals surface area contributed by atoms with Crippen LogP contribution in [0.15, 0.2) is 30.3 Å². The van der Waals surface area contributed by atoms with Crippen molar-refractivity contribution in [3.05, 3.63) is 35.9 Å². The minimum absolute atomic E-state index is 0.0170. The van der Waals surface area contributed by atoms with Crippen LogP contribution in [0.25, 0.3) is 0 Å². The largest absolute Gasteiger partial charge is 0.466 e. The van der Waals surface area contributed by atoms with Crippen molar-refractivity contribution < 1.29 is 19.2 Å². The summed E-state index contributed by atoms with van der Waals surface area (Å²) < 4.78 is 5.14. The van der Waals surface area contributed by atoms with Crippen molar-refractivity contribution in [2.75, 3.05) is 19.7 Å². The fourth-order valence-corrected chi connectivity index (χ4v) is 3.50. The summed E-state index contributed by atoms with van der Waals surface area (Å²) in [5, 5.41) is 3.15. The molecule has 3 rings (SSSR count). The molecule has 0 radical (unpaired) electrons. The summed E-state index contributed by atoms with van der Waals surface area (Å²) >= 11 is 0. The Morgan fingerprint density at radius 1 is 1.17 bits per heavy atom. The molecule has 1 aromatic carbocycles. The van der Waals surface area contributed by atoms with Crippen molar-refractivity contribution in [1.29, 1.82) is 0 Å². The standard InChI is InChI=1S/C19H26N2O3/c1-2-24-19(23)15-10-12-21(13-11-15)17(14-6-4-3-5-7-14)18(22)20-16-8-9-16/h3-7,15-17H,2,8-13H2,1H3,(H,20,22)/p+1/t17-/m1/s1. The lowest BCUT2D eigenvalue weighted by Crippen LogP contribution is -3.14. The fraction of sp³-hybridized carbons (Fsp3) is 0.579. The average molecular weight is 331 g/mol. The van der Waals surface area contributed by atoms with Gasteiger partial charge in [-0.1, -0.05) is 30.3 Å². The number of rotatable bonds is 6. The molecule has 0 unspecified atom stereocenters. The van der Waals surface area contributed by atoms with E-state index in [9.17, 15) is 9.59 Å². The third-order valence-electron chi connectivity index (χ3n) is 4.97. The summed E-state index contributed by atoms with van der Waals surface area (Å²) in [5.74, 6) is 0.0140. The zero-order chi connectivity index (χ0) is 16.9. The maximum absolute atomic E-state index is 12.8. The minimum Gasteiger partial charge on any atom is -0.466 e. The first kappa shape index (κ1) is 17.0. The summed E-state index contributed by atoms with van der Waals surface area (Å²) in [5.41, 5.74) is 1.06. The van der Waals surface area contributed by atoms with Gasteiger partial charge in [0.2, 0.25) is 0 Å². The highest BCUT2D eigenvalue weighted by atomic mass is 16.5. The number of nitrogens with one attached hydrogen (secondary N) is 2. The zero-order valence-electron chi connectivity index (χ0n) is 14.3. The first-order valence-corrected chi connectivity index (χ1v) is 9.05. The SMILES string of the molecule is CCOC(=O)C1CC[NH+]([C@@H](C(=O)NC2CC2)c2ccccc2)CC1. The van der Waals surface area contributed by atoms with Crippen LogP contribution in [0.4, 0.5) is 0 Å². The van der Waals surface area contributed by atoms with Gasteiger partial charge in [0.15, 0.2) is 6.04 Å². The monoisotopic (exact) mass is 331 g/mol. The second-order valence-corrected chi connectivity index (χ2v) is 6.81. The number of piperidine rings is 1. The van der Waals surface area contributed by atoms with Crippen LogP contribution in [-0.4, -0.2) is 37.6 Å². The average Bonchev–Trinajstić information content (AvgIpc) is 3.41. The van der Waals surface area contributed by atoms with Gasteiger partial charge in [0.1, 0.15) is 0 Å². The van der Waals surface area contributed by atoms with E-state index in [-0.39, 0.29) is 23.8 Å².